The van der Waals surface area contributed by atoms with Crippen LogP contribution in [0.25, 0.3) is 0 Å². The van der Waals surface area contributed by atoms with Crippen LogP contribution in [-0.4, -0.2) is 28.7 Å². The van der Waals surface area contributed by atoms with Gasteiger partial charge in [0.15, 0.2) is 0 Å². The maximum atomic E-state index is 12.2. The molecule has 94 valence electrons. The predicted octanol–water partition coefficient (Wildman–Crippen LogP) is 3.44. The van der Waals surface area contributed by atoms with Crippen LogP contribution < -0.4 is 0 Å². The van der Waals surface area contributed by atoms with Gasteiger partial charge in [-0.05, 0) is 30.6 Å². The van der Waals surface area contributed by atoms with E-state index in [1.807, 2.05) is 4.90 Å². The first-order valence-corrected chi connectivity index (χ1v) is 7.30. The van der Waals surface area contributed by atoms with Crippen molar-refractivity contribution in [3.05, 3.63) is 0 Å². The van der Waals surface area contributed by atoms with Crippen molar-refractivity contribution in [1.82, 2.24) is 4.90 Å². The van der Waals surface area contributed by atoms with Crippen LogP contribution in [0.3, 0.4) is 0 Å². The summed E-state index contributed by atoms with van der Waals surface area (Å²) in [6, 6.07) is 0. The summed E-state index contributed by atoms with van der Waals surface area (Å²) < 4.78 is 0. The molecular weight excluding hydrogens is 266 g/mol. The van der Waals surface area contributed by atoms with Gasteiger partial charge in [-0.15, -0.1) is 0 Å². The number of alkyl halides is 1. The standard InChI is InChI=1S/C13H24BrNO/c1-5-13(6-2)7-8-15(9-13)12(16)11(14)10(3)4/h10-11H,5-9H2,1-4H3. The molecule has 0 bridgehead atoms. The lowest BCUT2D eigenvalue weighted by atomic mass is 9.82. The summed E-state index contributed by atoms with van der Waals surface area (Å²) in [7, 11) is 0. The minimum absolute atomic E-state index is 0.0167. The fourth-order valence-corrected chi connectivity index (χ4v) is 2.70. The Balaban J connectivity index is 2.62. The van der Waals surface area contributed by atoms with E-state index in [0.29, 0.717) is 11.3 Å². The molecule has 0 radical (unpaired) electrons. The summed E-state index contributed by atoms with van der Waals surface area (Å²) in [5.41, 5.74) is 0.388. The van der Waals surface area contributed by atoms with E-state index in [0.717, 1.165) is 13.1 Å². The highest BCUT2D eigenvalue weighted by atomic mass is 79.9. The number of nitrogens with zero attached hydrogens (tertiary/aromatic N) is 1. The van der Waals surface area contributed by atoms with Crippen molar-refractivity contribution in [2.75, 3.05) is 13.1 Å². The van der Waals surface area contributed by atoms with Crippen LogP contribution in [0, 0.1) is 11.3 Å². The van der Waals surface area contributed by atoms with Crippen molar-refractivity contribution < 1.29 is 4.79 Å². The second-order valence-corrected chi connectivity index (χ2v) is 6.35. The Hall–Kier alpha value is -0.0500. The smallest absolute Gasteiger partial charge is 0.236 e. The molecule has 1 amide bonds. The summed E-state index contributed by atoms with van der Waals surface area (Å²) in [6.45, 7) is 10.5. The van der Waals surface area contributed by atoms with Gasteiger partial charge in [0, 0.05) is 13.1 Å². The van der Waals surface area contributed by atoms with Gasteiger partial charge < -0.3 is 4.90 Å². The molecule has 0 aliphatic carbocycles. The molecule has 2 nitrogen and oxygen atoms in total. The molecule has 0 saturated carbocycles. The predicted molar refractivity (Wildman–Crippen MR) is 71.8 cm³/mol. The number of hydrogen-bond acceptors (Lipinski definition) is 1. The lowest BCUT2D eigenvalue weighted by molar-refractivity contribution is -0.130. The highest BCUT2D eigenvalue weighted by Gasteiger charge is 2.38. The molecule has 1 atom stereocenters. The molecule has 16 heavy (non-hydrogen) atoms. The third-order valence-electron chi connectivity index (χ3n) is 4.07. The Morgan fingerprint density at radius 2 is 1.94 bits per heavy atom. The molecule has 0 aromatic rings. The van der Waals surface area contributed by atoms with Crippen molar-refractivity contribution in [3.8, 4) is 0 Å². The first-order chi connectivity index (χ1) is 7.45. The van der Waals surface area contributed by atoms with Gasteiger partial charge in [0.05, 0.1) is 4.83 Å². The minimum atomic E-state index is -0.0167. The average molecular weight is 290 g/mol. The van der Waals surface area contributed by atoms with Crippen LogP contribution in [0.2, 0.25) is 0 Å². The second kappa shape index (κ2) is 5.52. The quantitative estimate of drug-likeness (QED) is 0.726. The maximum absolute atomic E-state index is 12.2. The molecule has 1 fully saturated rings. The van der Waals surface area contributed by atoms with Gasteiger partial charge in [-0.3, -0.25) is 4.79 Å². The van der Waals surface area contributed by atoms with E-state index in [2.05, 4.69) is 43.6 Å². The van der Waals surface area contributed by atoms with Crippen LogP contribution in [0.1, 0.15) is 47.0 Å². The van der Waals surface area contributed by atoms with Gasteiger partial charge >= 0.3 is 0 Å². The summed E-state index contributed by atoms with van der Waals surface area (Å²) in [5.74, 6) is 0.643. The van der Waals surface area contributed by atoms with Crippen molar-refractivity contribution in [2.24, 2.45) is 11.3 Å². The molecule has 1 aliphatic heterocycles. The Morgan fingerprint density at radius 3 is 2.31 bits per heavy atom. The molecule has 1 aliphatic rings. The number of likely N-dealkylation sites (tertiary alicyclic amines) is 1. The first-order valence-electron chi connectivity index (χ1n) is 6.38. The fourth-order valence-electron chi connectivity index (χ4n) is 2.41. The molecule has 0 N–H and O–H groups in total. The Bertz CT molecular complexity index is 248. The number of rotatable bonds is 4. The fraction of sp³-hybridized carbons (Fsp3) is 0.923. The van der Waals surface area contributed by atoms with E-state index < -0.39 is 0 Å². The van der Waals surface area contributed by atoms with E-state index in [4.69, 9.17) is 0 Å². The van der Waals surface area contributed by atoms with Crippen LogP contribution in [0.4, 0.5) is 0 Å². The molecule has 1 saturated heterocycles. The summed E-state index contributed by atoms with van der Waals surface area (Å²) in [6.07, 6.45) is 3.54. The van der Waals surface area contributed by atoms with Crippen LogP contribution in [-0.2, 0) is 4.79 Å². The van der Waals surface area contributed by atoms with E-state index in [-0.39, 0.29) is 10.7 Å². The highest BCUT2D eigenvalue weighted by molar-refractivity contribution is 9.10. The lowest BCUT2D eigenvalue weighted by Crippen LogP contribution is -2.38. The topological polar surface area (TPSA) is 20.3 Å². The average Bonchev–Trinajstić information content (AvgIpc) is 2.72. The molecule has 3 heteroatoms. The van der Waals surface area contributed by atoms with Gasteiger partial charge in [-0.2, -0.15) is 0 Å². The Morgan fingerprint density at radius 1 is 1.38 bits per heavy atom. The second-order valence-electron chi connectivity index (χ2n) is 5.36. The molecule has 0 aromatic carbocycles. The SMILES string of the molecule is CCC1(CC)CCN(C(=O)C(Br)C(C)C)C1. The highest BCUT2D eigenvalue weighted by Crippen LogP contribution is 2.37. The Labute approximate surface area is 108 Å². The van der Waals surface area contributed by atoms with Crippen molar-refractivity contribution in [1.29, 1.82) is 0 Å². The zero-order valence-corrected chi connectivity index (χ0v) is 12.5. The minimum Gasteiger partial charge on any atom is -0.341 e. The molecule has 1 rings (SSSR count). The number of hydrogen-bond donors (Lipinski definition) is 0. The first kappa shape index (κ1) is 14.0. The Kier molecular flexibility index (Phi) is 4.84. The van der Waals surface area contributed by atoms with Crippen molar-refractivity contribution in [2.45, 2.75) is 51.8 Å². The van der Waals surface area contributed by atoms with E-state index in [9.17, 15) is 4.79 Å². The molecular formula is C13H24BrNO. The van der Waals surface area contributed by atoms with Gasteiger partial charge in [0.1, 0.15) is 0 Å². The van der Waals surface area contributed by atoms with Gasteiger partial charge in [-0.25, -0.2) is 0 Å². The summed E-state index contributed by atoms with van der Waals surface area (Å²) in [4.78, 5) is 14.2. The van der Waals surface area contributed by atoms with E-state index >= 15 is 0 Å². The van der Waals surface area contributed by atoms with Gasteiger partial charge in [0.25, 0.3) is 0 Å². The number of amides is 1. The maximum Gasteiger partial charge on any atom is 0.236 e. The zero-order valence-electron chi connectivity index (χ0n) is 10.9. The van der Waals surface area contributed by atoms with Crippen LogP contribution >= 0.6 is 15.9 Å². The third kappa shape index (κ3) is 2.79. The molecule has 1 unspecified atom stereocenters. The summed E-state index contributed by atoms with van der Waals surface area (Å²) >= 11 is 3.51. The normalized spacial score (nSPS) is 21.5. The third-order valence-corrected chi connectivity index (χ3v) is 5.52. The van der Waals surface area contributed by atoms with Crippen molar-refractivity contribution in [3.63, 3.8) is 0 Å². The summed E-state index contributed by atoms with van der Waals surface area (Å²) in [5, 5.41) is 0. The number of carbonyl (C=O) groups excluding carboxylic acids is 1. The molecule has 0 aromatic heterocycles. The van der Waals surface area contributed by atoms with Gasteiger partial charge in [-0.1, -0.05) is 43.6 Å². The largest absolute Gasteiger partial charge is 0.341 e. The number of halogens is 1. The zero-order chi connectivity index (χ0) is 12.3. The van der Waals surface area contributed by atoms with Gasteiger partial charge in [0.2, 0.25) is 5.91 Å². The van der Waals surface area contributed by atoms with Crippen LogP contribution in [0.15, 0.2) is 0 Å². The van der Waals surface area contributed by atoms with E-state index in [1.54, 1.807) is 0 Å². The lowest BCUT2D eigenvalue weighted by Gasteiger charge is -2.27. The van der Waals surface area contributed by atoms with E-state index in [1.165, 1.54) is 19.3 Å². The van der Waals surface area contributed by atoms with Crippen molar-refractivity contribution >= 4 is 21.8 Å². The molecule has 0 spiro atoms. The monoisotopic (exact) mass is 289 g/mol. The van der Waals surface area contributed by atoms with Crippen LogP contribution in [0.5, 0.6) is 0 Å². The number of carbonyl (C=O) groups is 1. The molecule has 1 heterocycles.